The number of aromatic nitrogens is 4. The molecular weight excluding hydrogens is 400 g/mol. The van der Waals surface area contributed by atoms with Crippen molar-refractivity contribution in [2.75, 3.05) is 38.7 Å². The van der Waals surface area contributed by atoms with E-state index in [0.29, 0.717) is 17.5 Å². The van der Waals surface area contributed by atoms with Gasteiger partial charge in [0.25, 0.3) is 0 Å². The quantitative estimate of drug-likeness (QED) is 0.594. The van der Waals surface area contributed by atoms with Crippen LogP contribution in [0.4, 0.5) is 5.95 Å². The molecule has 0 amide bonds. The van der Waals surface area contributed by atoms with Gasteiger partial charge in [0.15, 0.2) is 0 Å². The lowest BCUT2D eigenvalue weighted by Gasteiger charge is -2.16. The third kappa shape index (κ3) is 5.29. The summed E-state index contributed by atoms with van der Waals surface area (Å²) >= 11 is 5.99. The Balaban J connectivity index is 1.26. The Kier molecular flexibility index (Phi) is 6.50. The highest BCUT2D eigenvalue weighted by molar-refractivity contribution is 6.30. The fourth-order valence-electron chi connectivity index (χ4n) is 3.69. The number of likely N-dealkylation sites (tertiary alicyclic amines) is 1. The molecule has 1 aliphatic heterocycles. The largest absolute Gasteiger partial charge is 0.493 e. The van der Waals surface area contributed by atoms with Gasteiger partial charge in [-0.3, -0.25) is 10.00 Å². The van der Waals surface area contributed by atoms with E-state index in [4.69, 9.17) is 16.3 Å². The molecule has 4 rings (SSSR count). The van der Waals surface area contributed by atoms with Crippen molar-refractivity contribution in [2.45, 2.75) is 25.3 Å². The molecule has 1 fully saturated rings. The molecule has 0 bridgehead atoms. The summed E-state index contributed by atoms with van der Waals surface area (Å²) in [6.45, 7) is 3.51. The van der Waals surface area contributed by atoms with Crippen molar-refractivity contribution in [3.8, 4) is 5.75 Å². The summed E-state index contributed by atoms with van der Waals surface area (Å²) in [7, 11) is 3.89. The number of anilines is 1. The summed E-state index contributed by atoms with van der Waals surface area (Å²) < 4.78 is 5.78. The first-order chi connectivity index (χ1) is 14.6. The summed E-state index contributed by atoms with van der Waals surface area (Å²) in [5.41, 5.74) is 3.37. The maximum atomic E-state index is 5.99. The van der Waals surface area contributed by atoms with Gasteiger partial charge in [-0.2, -0.15) is 5.10 Å². The number of nitrogens with zero attached hydrogens (tertiary/aromatic N) is 5. The molecule has 1 saturated heterocycles. The van der Waals surface area contributed by atoms with Crippen LogP contribution in [0.3, 0.4) is 0 Å². The summed E-state index contributed by atoms with van der Waals surface area (Å²) in [6.07, 6.45) is 5.73. The van der Waals surface area contributed by atoms with Gasteiger partial charge in [0.05, 0.1) is 12.3 Å². The average Bonchev–Trinajstić information content (AvgIpc) is 3.38. The molecule has 1 aromatic carbocycles. The van der Waals surface area contributed by atoms with Crippen molar-refractivity contribution in [1.29, 1.82) is 0 Å². The van der Waals surface area contributed by atoms with Crippen molar-refractivity contribution in [2.24, 2.45) is 0 Å². The van der Waals surface area contributed by atoms with Gasteiger partial charge < -0.3 is 9.64 Å². The fourth-order valence-corrected chi connectivity index (χ4v) is 3.87. The number of nitrogens with one attached hydrogen (secondary N) is 1. The van der Waals surface area contributed by atoms with E-state index >= 15 is 0 Å². The zero-order chi connectivity index (χ0) is 20.9. The second-order valence-corrected chi connectivity index (χ2v) is 8.32. The summed E-state index contributed by atoms with van der Waals surface area (Å²) in [5.74, 6) is 1.98. The van der Waals surface area contributed by atoms with Crippen molar-refractivity contribution < 1.29 is 4.74 Å². The molecule has 0 radical (unpaired) electrons. The zero-order valence-corrected chi connectivity index (χ0v) is 18.1. The molecule has 3 heterocycles. The highest BCUT2D eigenvalue weighted by Crippen LogP contribution is 2.27. The molecule has 3 aromatic rings. The predicted molar refractivity (Wildman–Crippen MR) is 118 cm³/mol. The number of H-pyrrole nitrogens is 1. The molecule has 1 N–H and O–H groups in total. The number of hydrogen-bond acceptors (Lipinski definition) is 6. The van der Waals surface area contributed by atoms with Crippen molar-refractivity contribution >= 4 is 17.5 Å². The van der Waals surface area contributed by atoms with Crippen LogP contribution in [0.25, 0.3) is 0 Å². The van der Waals surface area contributed by atoms with Crippen LogP contribution < -0.4 is 9.64 Å². The average molecular weight is 427 g/mol. The molecule has 7 nitrogen and oxygen atoms in total. The third-order valence-corrected chi connectivity index (χ3v) is 5.51. The highest BCUT2D eigenvalue weighted by atomic mass is 35.5. The Morgan fingerprint density at radius 2 is 2.07 bits per heavy atom. The first kappa shape index (κ1) is 20.6. The van der Waals surface area contributed by atoms with Crippen LogP contribution in [0.2, 0.25) is 5.02 Å². The Bertz CT molecular complexity index is 958. The number of aromatic amines is 1. The standard InChI is InChI=1S/C22H27ClN6O/c1-28(2)22-24-12-16(13-25-22)14-29-8-6-17(15-29)21-11-19(26-27-21)7-9-30-20-5-3-4-18(23)10-20/h3-5,10-13,17H,6-9,14-15H2,1-2H3,(H,26,27)/t17-/m1/s1. The Hall–Kier alpha value is -2.64. The van der Waals surface area contributed by atoms with E-state index in [1.165, 1.54) is 0 Å². The van der Waals surface area contributed by atoms with Crippen molar-refractivity contribution in [1.82, 2.24) is 25.1 Å². The number of rotatable bonds is 8. The lowest BCUT2D eigenvalue weighted by atomic mass is 10.0. The maximum Gasteiger partial charge on any atom is 0.224 e. The number of halogens is 1. The summed E-state index contributed by atoms with van der Waals surface area (Å²) in [6, 6.07) is 9.64. The van der Waals surface area contributed by atoms with E-state index < -0.39 is 0 Å². The van der Waals surface area contributed by atoms with Gasteiger partial charge in [-0.15, -0.1) is 0 Å². The van der Waals surface area contributed by atoms with E-state index in [0.717, 1.165) is 61.1 Å². The minimum atomic E-state index is 0.450. The second kappa shape index (κ2) is 9.45. The van der Waals surface area contributed by atoms with Gasteiger partial charge in [0.2, 0.25) is 5.95 Å². The zero-order valence-electron chi connectivity index (χ0n) is 17.4. The second-order valence-electron chi connectivity index (χ2n) is 7.88. The van der Waals surface area contributed by atoms with Crippen molar-refractivity contribution in [3.05, 3.63) is 64.7 Å². The fraction of sp³-hybridized carbons (Fsp3) is 0.409. The predicted octanol–water partition coefficient (Wildman–Crippen LogP) is 3.53. The third-order valence-electron chi connectivity index (χ3n) is 5.28. The van der Waals surface area contributed by atoms with E-state index in [1.54, 1.807) is 0 Å². The van der Waals surface area contributed by atoms with Crippen LogP contribution >= 0.6 is 11.6 Å². The monoisotopic (exact) mass is 426 g/mol. The van der Waals surface area contributed by atoms with Gasteiger partial charge in [0, 0.05) is 68.2 Å². The van der Waals surface area contributed by atoms with Crippen LogP contribution in [-0.4, -0.2) is 58.9 Å². The minimum absolute atomic E-state index is 0.450. The van der Waals surface area contributed by atoms with Gasteiger partial charge in [-0.05, 0) is 37.2 Å². The summed E-state index contributed by atoms with van der Waals surface area (Å²) in [5, 5.41) is 8.40. The molecule has 0 saturated carbocycles. The van der Waals surface area contributed by atoms with Crippen LogP contribution in [0.5, 0.6) is 5.75 Å². The summed E-state index contributed by atoms with van der Waals surface area (Å²) in [4.78, 5) is 13.2. The Morgan fingerprint density at radius 3 is 2.83 bits per heavy atom. The van der Waals surface area contributed by atoms with Crippen LogP contribution in [0, 0.1) is 0 Å². The van der Waals surface area contributed by atoms with Gasteiger partial charge in [-0.25, -0.2) is 9.97 Å². The van der Waals surface area contributed by atoms with E-state index in [-0.39, 0.29) is 0 Å². The number of benzene rings is 1. The van der Waals surface area contributed by atoms with E-state index in [2.05, 4.69) is 31.1 Å². The van der Waals surface area contributed by atoms with E-state index in [9.17, 15) is 0 Å². The topological polar surface area (TPSA) is 70.2 Å². The molecule has 30 heavy (non-hydrogen) atoms. The molecule has 0 spiro atoms. The van der Waals surface area contributed by atoms with Gasteiger partial charge in [0.1, 0.15) is 5.75 Å². The molecule has 0 unspecified atom stereocenters. The Morgan fingerprint density at radius 1 is 1.23 bits per heavy atom. The SMILES string of the molecule is CN(C)c1ncc(CN2CC[C@@H](c3cc(CCOc4cccc(Cl)c4)[nH]n3)C2)cn1. The molecule has 1 atom stereocenters. The maximum absolute atomic E-state index is 5.99. The number of ether oxygens (including phenoxy) is 1. The molecule has 8 heteroatoms. The van der Waals surface area contributed by atoms with Gasteiger partial charge in [-0.1, -0.05) is 17.7 Å². The molecular formula is C22H27ClN6O. The smallest absolute Gasteiger partial charge is 0.224 e. The number of hydrogen-bond donors (Lipinski definition) is 1. The normalized spacial score (nSPS) is 16.7. The van der Waals surface area contributed by atoms with Crippen molar-refractivity contribution in [3.63, 3.8) is 0 Å². The first-order valence-electron chi connectivity index (χ1n) is 10.2. The molecule has 1 aliphatic rings. The molecule has 0 aliphatic carbocycles. The minimum Gasteiger partial charge on any atom is -0.493 e. The highest BCUT2D eigenvalue weighted by Gasteiger charge is 2.26. The lowest BCUT2D eigenvalue weighted by Crippen LogP contribution is -2.20. The van der Waals surface area contributed by atoms with Crippen LogP contribution in [-0.2, 0) is 13.0 Å². The van der Waals surface area contributed by atoms with Crippen LogP contribution in [0.1, 0.15) is 29.3 Å². The van der Waals surface area contributed by atoms with Gasteiger partial charge >= 0.3 is 0 Å². The molecule has 158 valence electrons. The Labute approximate surface area is 182 Å². The van der Waals surface area contributed by atoms with E-state index in [1.807, 2.05) is 55.7 Å². The first-order valence-corrected chi connectivity index (χ1v) is 10.6. The molecule has 2 aromatic heterocycles. The van der Waals surface area contributed by atoms with Crippen LogP contribution in [0.15, 0.2) is 42.7 Å². The lowest BCUT2D eigenvalue weighted by molar-refractivity contribution is 0.320.